The van der Waals surface area contributed by atoms with Gasteiger partial charge in [0.15, 0.2) is 6.17 Å². The number of hydrogen-bond acceptors (Lipinski definition) is 8. The third-order valence-electron chi connectivity index (χ3n) is 1.74. The minimum atomic E-state index is -0.361. The molecule has 0 unspecified atom stereocenters. The minimum absolute atomic E-state index is 0.174. The number of nitrogen functional groups attached to an aromatic ring is 2. The highest BCUT2D eigenvalue weighted by Crippen LogP contribution is 2.10. The number of nitrogens with two attached hydrogens (primary N) is 2. The fourth-order valence-electron chi connectivity index (χ4n) is 1.04. The van der Waals surface area contributed by atoms with Crippen LogP contribution in [0.2, 0.25) is 0 Å². The first-order chi connectivity index (χ1) is 6.70. The van der Waals surface area contributed by atoms with Crippen molar-refractivity contribution >= 4 is 11.9 Å². The van der Waals surface area contributed by atoms with Crippen molar-refractivity contribution in [3.8, 4) is 0 Å². The van der Waals surface area contributed by atoms with E-state index in [1.165, 1.54) is 9.36 Å². The summed E-state index contributed by atoms with van der Waals surface area (Å²) in [6.45, 7) is 1.76. The Labute approximate surface area is 77.9 Å². The fraction of sp³-hybridized carbons (Fsp3) is 0.500. The van der Waals surface area contributed by atoms with Crippen LogP contribution in [0.5, 0.6) is 0 Å². The maximum atomic E-state index is 5.50. The number of rotatable bonds is 2. The summed E-state index contributed by atoms with van der Waals surface area (Å²) >= 11 is 0. The Balaban J connectivity index is 2.38. The monoisotopic (exact) mass is 196 g/mol. The fourth-order valence-corrected chi connectivity index (χ4v) is 1.04. The molecule has 0 aliphatic heterocycles. The van der Waals surface area contributed by atoms with Crippen LogP contribution in [0.15, 0.2) is 0 Å². The van der Waals surface area contributed by atoms with Gasteiger partial charge in [-0.2, -0.15) is 9.36 Å². The summed E-state index contributed by atoms with van der Waals surface area (Å²) in [5, 5.41) is 21.2. The molecule has 0 atom stereocenters. The van der Waals surface area contributed by atoms with Crippen LogP contribution in [0.1, 0.15) is 13.1 Å². The molecular weight excluding hydrogens is 188 g/mol. The Hall–Kier alpha value is -2.26. The van der Waals surface area contributed by atoms with Crippen molar-refractivity contribution in [2.24, 2.45) is 0 Å². The van der Waals surface area contributed by atoms with Crippen LogP contribution in [0.25, 0.3) is 0 Å². The molecule has 74 valence electrons. The standard InChI is InChI=1S/C4H8N10/c1-2(13-3(5)7-9-11-13)14-4(6)8-10-12-14/h2H,1H3,(H2,5,7,11)(H2,6,8,12). The number of tetrazole rings is 2. The molecule has 2 rings (SSSR count). The van der Waals surface area contributed by atoms with E-state index in [2.05, 4.69) is 31.1 Å². The molecule has 2 aromatic rings. The third kappa shape index (κ3) is 1.12. The van der Waals surface area contributed by atoms with E-state index in [0.29, 0.717) is 0 Å². The zero-order valence-electron chi connectivity index (χ0n) is 7.31. The maximum absolute atomic E-state index is 5.50. The molecule has 10 heteroatoms. The molecule has 10 nitrogen and oxygen atoms in total. The molecule has 0 saturated carbocycles. The van der Waals surface area contributed by atoms with E-state index in [0.717, 1.165) is 0 Å². The Morgan fingerprint density at radius 2 is 1.43 bits per heavy atom. The smallest absolute Gasteiger partial charge is 0.242 e. The van der Waals surface area contributed by atoms with Crippen LogP contribution < -0.4 is 11.5 Å². The average Bonchev–Trinajstić information content (AvgIpc) is 2.73. The van der Waals surface area contributed by atoms with Gasteiger partial charge < -0.3 is 11.5 Å². The highest BCUT2D eigenvalue weighted by molar-refractivity contribution is 5.15. The summed E-state index contributed by atoms with van der Waals surface area (Å²) in [6, 6.07) is 0. The lowest BCUT2D eigenvalue weighted by molar-refractivity contribution is 0.384. The predicted octanol–water partition coefficient (Wildman–Crippen LogP) is -2.11. The van der Waals surface area contributed by atoms with Crippen molar-refractivity contribution < 1.29 is 0 Å². The van der Waals surface area contributed by atoms with Gasteiger partial charge in [-0.05, 0) is 27.8 Å². The molecule has 0 aliphatic carbocycles. The Morgan fingerprint density at radius 3 is 1.71 bits per heavy atom. The number of nitrogens with zero attached hydrogens (tertiary/aromatic N) is 8. The van der Waals surface area contributed by atoms with Crippen molar-refractivity contribution in [3.05, 3.63) is 0 Å². The molecule has 0 bridgehead atoms. The molecule has 0 spiro atoms. The van der Waals surface area contributed by atoms with Crippen LogP contribution in [-0.4, -0.2) is 40.4 Å². The molecule has 2 aromatic heterocycles. The van der Waals surface area contributed by atoms with Crippen LogP contribution in [0.3, 0.4) is 0 Å². The molecule has 0 saturated heterocycles. The molecule has 0 aromatic carbocycles. The van der Waals surface area contributed by atoms with Gasteiger partial charge >= 0.3 is 0 Å². The number of aromatic nitrogens is 8. The molecular formula is C4H8N10. The van der Waals surface area contributed by atoms with E-state index in [-0.39, 0.29) is 18.1 Å². The number of hydrogen-bond donors (Lipinski definition) is 2. The van der Waals surface area contributed by atoms with Gasteiger partial charge in [-0.25, -0.2) is 0 Å². The van der Waals surface area contributed by atoms with Gasteiger partial charge in [0.1, 0.15) is 0 Å². The lowest BCUT2D eigenvalue weighted by Gasteiger charge is -2.11. The zero-order chi connectivity index (χ0) is 10.1. The lowest BCUT2D eigenvalue weighted by Crippen LogP contribution is -2.21. The van der Waals surface area contributed by atoms with Crippen molar-refractivity contribution in [1.29, 1.82) is 0 Å². The van der Waals surface area contributed by atoms with Crippen LogP contribution in [0, 0.1) is 0 Å². The Morgan fingerprint density at radius 1 is 1.00 bits per heavy atom. The molecule has 0 aliphatic rings. The summed E-state index contributed by atoms with van der Waals surface area (Å²) < 4.78 is 2.71. The van der Waals surface area contributed by atoms with E-state index < -0.39 is 0 Å². The lowest BCUT2D eigenvalue weighted by atomic mass is 10.6. The van der Waals surface area contributed by atoms with E-state index >= 15 is 0 Å². The van der Waals surface area contributed by atoms with Crippen LogP contribution in [-0.2, 0) is 0 Å². The summed E-state index contributed by atoms with van der Waals surface area (Å²) in [5.74, 6) is 0.347. The van der Waals surface area contributed by atoms with Gasteiger partial charge in [0, 0.05) is 0 Å². The van der Waals surface area contributed by atoms with E-state index in [1.54, 1.807) is 6.92 Å². The van der Waals surface area contributed by atoms with Crippen molar-refractivity contribution in [3.63, 3.8) is 0 Å². The van der Waals surface area contributed by atoms with Gasteiger partial charge in [0.05, 0.1) is 0 Å². The molecule has 2 heterocycles. The third-order valence-corrected chi connectivity index (χ3v) is 1.74. The van der Waals surface area contributed by atoms with Crippen LogP contribution in [0.4, 0.5) is 11.9 Å². The van der Waals surface area contributed by atoms with Gasteiger partial charge in [-0.1, -0.05) is 10.2 Å². The summed E-state index contributed by atoms with van der Waals surface area (Å²) in [5.41, 5.74) is 11.0. The SMILES string of the molecule is CC(n1nnnc1N)n1nnnc1N. The highest BCUT2D eigenvalue weighted by atomic mass is 15.7. The first-order valence-corrected chi connectivity index (χ1v) is 3.77. The largest absolute Gasteiger partial charge is 0.367 e. The highest BCUT2D eigenvalue weighted by Gasteiger charge is 2.15. The van der Waals surface area contributed by atoms with Crippen LogP contribution >= 0.6 is 0 Å². The second kappa shape index (κ2) is 2.90. The van der Waals surface area contributed by atoms with E-state index in [4.69, 9.17) is 11.5 Å². The minimum Gasteiger partial charge on any atom is -0.367 e. The first-order valence-electron chi connectivity index (χ1n) is 3.77. The van der Waals surface area contributed by atoms with Crippen molar-refractivity contribution in [2.75, 3.05) is 11.5 Å². The predicted molar refractivity (Wildman–Crippen MR) is 44.6 cm³/mol. The summed E-state index contributed by atoms with van der Waals surface area (Å²) in [6.07, 6.45) is -0.361. The molecule has 0 amide bonds. The summed E-state index contributed by atoms with van der Waals surface area (Å²) in [4.78, 5) is 0. The molecule has 0 fully saturated rings. The van der Waals surface area contributed by atoms with Gasteiger partial charge in [-0.15, -0.1) is 0 Å². The average molecular weight is 196 g/mol. The molecule has 14 heavy (non-hydrogen) atoms. The maximum Gasteiger partial charge on any atom is 0.242 e. The van der Waals surface area contributed by atoms with Crippen molar-refractivity contribution in [2.45, 2.75) is 13.1 Å². The normalized spacial score (nSPS) is 11.0. The Bertz CT molecular complexity index is 387. The van der Waals surface area contributed by atoms with Gasteiger partial charge in [0.2, 0.25) is 11.9 Å². The second-order valence-electron chi connectivity index (χ2n) is 2.60. The second-order valence-corrected chi connectivity index (χ2v) is 2.60. The Kier molecular flexibility index (Phi) is 1.73. The molecule has 4 N–H and O–H groups in total. The van der Waals surface area contributed by atoms with Crippen molar-refractivity contribution in [1.82, 2.24) is 40.4 Å². The quantitative estimate of drug-likeness (QED) is 0.556. The van der Waals surface area contributed by atoms with E-state index in [9.17, 15) is 0 Å². The number of anilines is 2. The topological polar surface area (TPSA) is 139 Å². The molecule has 0 radical (unpaired) electrons. The first kappa shape index (κ1) is 8.34. The summed E-state index contributed by atoms with van der Waals surface area (Å²) in [7, 11) is 0. The van der Waals surface area contributed by atoms with E-state index in [1.807, 2.05) is 0 Å². The zero-order valence-corrected chi connectivity index (χ0v) is 7.31. The van der Waals surface area contributed by atoms with Gasteiger partial charge in [-0.3, -0.25) is 0 Å². The van der Waals surface area contributed by atoms with Gasteiger partial charge in [0.25, 0.3) is 0 Å².